The molecule has 2 saturated heterocycles. The number of hydrogen-bond acceptors (Lipinski definition) is 16. The Morgan fingerprint density at radius 2 is 0.843 bits per heavy atom. The van der Waals surface area contributed by atoms with Crippen molar-refractivity contribution in [2.75, 3.05) is 26.4 Å². The van der Waals surface area contributed by atoms with Gasteiger partial charge in [-0.3, -0.25) is 14.4 Å². The number of unbranched alkanes of at least 4 members (excludes halogenated alkanes) is 25. The third-order valence-electron chi connectivity index (χ3n) is 15.2. The van der Waals surface area contributed by atoms with Gasteiger partial charge in [0.1, 0.15) is 49.3 Å². The number of hydrogen-bond donors (Lipinski definition) is 6. The fraction of sp³-hybridized carbons (Fsp3) is 0.806. The van der Waals surface area contributed by atoms with Crippen LogP contribution in [-0.4, -0.2) is 142 Å². The Bertz CT molecular complexity index is 1730. The van der Waals surface area contributed by atoms with Crippen LogP contribution in [0.5, 0.6) is 0 Å². The van der Waals surface area contributed by atoms with Crippen molar-refractivity contribution in [3.05, 3.63) is 60.8 Å². The van der Waals surface area contributed by atoms with Gasteiger partial charge in [0, 0.05) is 19.3 Å². The molecule has 83 heavy (non-hydrogen) atoms. The van der Waals surface area contributed by atoms with Crippen LogP contribution in [0.25, 0.3) is 0 Å². The van der Waals surface area contributed by atoms with Crippen molar-refractivity contribution in [2.45, 2.75) is 319 Å². The summed E-state index contributed by atoms with van der Waals surface area (Å²) in [5.74, 6) is -1.60. The van der Waals surface area contributed by atoms with Crippen LogP contribution < -0.4 is 0 Å². The summed E-state index contributed by atoms with van der Waals surface area (Å²) >= 11 is 0. The normalized spacial score (nSPS) is 23.6. The first-order chi connectivity index (χ1) is 40.5. The zero-order chi connectivity index (χ0) is 60.4. The molecule has 2 aliphatic heterocycles. The van der Waals surface area contributed by atoms with E-state index in [2.05, 4.69) is 81.5 Å². The van der Waals surface area contributed by atoms with Crippen molar-refractivity contribution in [1.82, 2.24) is 0 Å². The van der Waals surface area contributed by atoms with Crippen LogP contribution in [-0.2, 0) is 47.5 Å². The van der Waals surface area contributed by atoms with Crippen LogP contribution in [0.1, 0.15) is 252 Å². The maximum absolute atomic E-state index is 13.2. The minimum atomic E-state index is -1.80. The molecule has 2 heterocycles. The van der Waals surface area contributed by atoms with Gasteiger partial charge in [-0.15, -0.1) is 0 Å². The lowest BCUT2D eigenvalue weighted by Gasteiger charge is -2.43. The van der Waals surface area contributed by atoms with E-state index in [9.17, 15) is 45.0 Å². The van der Waals surface area contributed by atoms with Crippen LogP contribution in [0.3, 0.4) is 0 Å². The van der Waals surface area contributed by atoms with Crippen LogP contribution in [0.4, 0.5) is 0 Å². The highest BCUT2D eigenvalue weighted by molar-refractivity contribution is 5.70. The molecular weight excluding hydrogens is 1060 g/mol. The van der Waals surface area contributed by atoms with Gasteiger partial charge in [-0.1, -0.05) is 210 Å². The molecule has 2 fully saturated rings. The largest absolute Gasteiger partial charge is 0.462 e. The van der Waals surface area contributed by atoms with Crippen molar-refractivity contribution in [2.24, 2.45) is 0 Å². The number of aliphatic hydroxyl groups is 6. The second-order valence-corrected chi connectivity index (χ2v) is 22.7. The summed E-state index contributed by atoms with van der Waals surface area (Å²) in [6, 6.07) is 0. The van der Waals surface area contributed by atoms with Gasteiger partial charge < -0.3 is 63.8 Å². The molecule has 480 valence electrons. The first-order valence-electron chi connectivity index (χ1n) is 32.8. The van der Waals surface area contributed by atoms with E-state index in [0.717, 1.165) is 116 Å². The highest BCUT2D eigenvalue weighted by Gasteiger charge is 2.49. The van der Waals surface area contributed by atoms with E-state index < -0.39 is 105 Å². The molecule has 0 unspecified atom stereocenters. The number of esters is 3. The summed E-state index contributed by atoms with van der Waals surface area (Å²) in [5.41, 5.74) is 0. The highest BCUT2D eigenvalue weighted by Crippen LogP contribution is 2.28. The van der Waals surface area contributed by atoms with Crippen molar-refractivity contribution >= 4 is 17.9 Å². The molecule has 0 aromatic rings. The topological polar surface area (TPSA) is 237 Å². The number of allylic oxidation sites excluding steroid dienone is 10. The average Bonchev–Trinajstić information content (AvgIpc) is 3.57. The van der Waals surface area contributed by atoms with E-state index in [1.165, 1.54) is 77.0 Å². The Kier molecular flexibility index (Phi) is 47.4. The monoisotopic (exact) mass is 1180 g/mol. The standard InChI is InChI=1S/C67H116O16/c1-4-7-10-13-16-19-22-25-27-30-33-36-39-42-45-48-58(70)80-54(51-77-57(69)47-44-41-38-35-32-29-24-21-18-15-12-9-6-3)52-78-66-63(75)62(74)60(72)56(82-66)53-79-67-64(76)65(61(73)55(50-68)81-67)83-59(71)49-46-43-40-37-34-31-28-26-23-20-17-14-11-8-5-2/h7,10,16-17,19-20,25-28,54-56,60-68,72-76H,4-6,8-9,11-15,18,21-24,29-53H2,1-3H3/b10-7-,19-16-,20-17-,27-25-,28-26-/t54-,55-,56-,60+,61+,62+,63-,64-,65+,66-,67+/m1/s1. The molecule has 0 bridgehead atoms. The average molecular weight is 1180 g/mol. The Morgan fingerprint density at radius 1 is 0.422 bits per heavy atom. The maximum Gasteiger partial charge on any atom is 0.306 e. The Balaban J connectivity index is 1.90. The zero-order valence-electron chi connectivity index (χ0n) is 51.7. The fourth-order valence-corrected chi connectivity index (χ4v) is 10.00. The lowest BCUT2D eigenvalue weighted by molar-refractivity contribution is -0.333. The first kappa shape index (κ1) is 75.8. The minimum Gasteiger partial charge on any atom is -0.462 e. The van der Waals surface area contributed by atoms with Gasteiger partial charge in [0.2, 0.25) is 0 Å². The lowest BCUT2D eigenvalue weighted by atomic mass is 9.98. The summed E-state index contributed by atoms with van der Waals surface area (Å²) < 4.78 is 40.0. The quantitative estimate of drug-likeness (QED) is 0.0144. The summed E-state index contributed by atoms with van der Waals surface area (Å²) in [6.45, 7) is 4.57. The number of rotatable bonds is 52. The van der Waals surface area contributed by atoms with E-state index in [1.807, 2.05) is 0 Å². The third-order valence-corrected chi connectivity index (χ3v) is 15.2. The van der Waals surface area contributed by atoms with Gasteiger partial charge >= 0.3 is 17.9 Å². The molecule has 16 heteroatoms. The smallest absolute Gasteiger partial charge is 0.306 e. The summed E-state index contributed by atoms with van der Waals surface area (Å²) in [5, 5.41) is 65.0. The number of aliphatic hydroxyl groups excluding tert-OH is 6. The molecule has 11 atom stereocenters. The van der Waals surface area contributed by atoms with Crippen molar-refractivity contribution in [1.29, 1.82) is 0 Å². The van der Waals surface area contributed by atoms with Gasteiger partial charge in [-0.2, -0.15) is 0 Å². The van der Waals surface area contributed by atoms with Crippen molar-refractivity contribution in [3.63, 3.8) is 0 Å². The van der Waals surface area contributed by atoms with E-state index in [4.69, 9.17) is 33.2 Å². The number of carbonyl (C=O) groups excluding carboxylic acids is 3. The summed E-state index contributed by atoms with van der Waals surface area (Å²) in [4.78, 5) is 39.0. The fourth-order valence-electron chi connectivity index (χ4n) is 10.00. The third kappa shape index (κ3) is 37.8. The Labute approximate surface area is 500 Å². The van der Waals surface area contributed by atoms with Gasteiger partial charge in [-0.25, -0.2) is 0 Å². The number of ether oxygens (including phenoxy) is 7. The predicted molar refractivity (Wildman–Crippen MR) is 326 cm³/mol. The molecule has 2 aliphatic rings. The van der Waals surface area contributed by atoms with Crippen LogP contribution in [0.2, 0.25) is 0 Å². The van der Waals surface area contributed by atoms with E-state index in [1.54, 1.807) is 0 Å². The first-order valence-corrected chi connectivity index (χ1v) is 32.8. The summed E-state index contributed by atoms with van der Waals surface area (Å²) in [7, 11) is 0. The van der Waals surface area contributed by atoms with Crippen molar-refractivity contribution < 1.29 is 78.2 Å². The Morgan fingerprint density at radius 3 is 1.36 bits per heavy atom. The molecule has 0 radical (unpaired) electrons. The molecule has 2 rings (SSSR count). The lowest BCUT2D eigenvalue weighted by Crippen LogP contribution is -2.62. The maximum atomic E-state index is 13.2. The molecule has 0 aliphatic carbocycles. The van der Waals surface area contributed by atoms with Crippen LogP contribution in [0, 0.1) is 0 Å². The van der Waals surface area contributed by atoms with Crippen molar-refractivity contribution in [3.8, 4) is 0 Å². The molecule has 6 N–H and O–H groups in total. The van der Waals surface area contributed by atoms with Crippen LogP contribution >= 0.6 is 0 Å². The molecule has 16 nitrogen and oxygen atoms in total. The molecular formula is C67H116O16. The predicted octanol–water partition coefficient (Wildman–Crippen LogP) is 12.5. The highest BCUT2D eigenvalue weighted by atomic mass is 16.7. The second-order valence-electron chi connectivity index (χ2n) is 22.7. The van der Waals surface area contributed by atoms with E-state index in [0.29, 0.717) is 19.3 Å². The van der Waals surface area contributed by atoms with Gasteiger partial charge in [0.15, 0.2) is 24.8 Å². The molecule has 0 spiro atoms. The zero-order valence-corrected chi connectivity index (χ0v) is 51.7. The van der Waals surface area contributed by atoms with Gasteiger partial charge in [0.25, 0.3) is 0 Å². The molecule has 0 aromatic carbocycles. The van der Waals surface area contributed by atoms with E-state index >= 15 is 0 Å². The van der Waals surface area contributed by atoms with Crippen LogP contribution in [0.15, 0.2) is 60.8 Å². The minimum absolute atomic E-state index is 0.0533. The van der Waals surface area contributed by atoms with E-state index in [-0.39, 0.29) is 25.9 Å². The SMILES string of the molecule is CC/C=C\C/C=C\C/C=C\CCCCCCCC(=O)O[C@H](COC(=O)CCCCCCCCCCCCCCC)CO[C@@H]1O[C@H](CO[C@H]2O[C@H](CO)[C@H](O)[C@H](OC(=O)CCCCCCC/C=C\C/C=C\CCCCC)[C@H]2O)[C@H](O)[C@H](O)[C@H]1O. The second kappa shape index (κ2) is 51.9. The number of carbonyl (C=O) groups is 3. The Hall–Kier alpha value is -3.29. The molecule has 0 saturated carbocycles. The summed E-state index contributed by atoms with van der Waals surface area (Å²) in [6.07, 6.45) is 40.1. The molecule has 0 aromatic heterocycles. The van der Waals surface area contributed by atoms with Gasteiger partial charge in [-0.05, 0) is 83.5 Å². The van der Waals surface area contributed by atoms with Gasteiger partial charge in [0.05, 0.1) is 19.8 Å². The molecule has 0 amide bonds.